The van der Waals surface area contributed by atoms with Crippen LogP contribution in [0.3, 0.4) is 0 Å². The number of hydrazone groups is 1. The fraction of sp³-hybridized carbons (Fsp3) is 0.0333. The first-order chi connectivity index (χ1) is 19.3. The molecule has 0 atom stereocenters. The Balaban J connectivity index is 1.30. The number of nitrogens with zero attached hydrogens (tertiary/aromatic N) is 3. The van der Waals surface area contributed by atoms with Crippen molar-refractivity contribution in [3.8, 4) is 16.9 Å². The summed E-state index contributed by atoms with van der Waals surface area (Å²) in [5.74, 6) is -0.440. The van der Waals surface area contributed by atoms with Gasteiger partial charge in [-0.05, 0) is 67.6 Å². The standard InChI is InChI=1S/C30H24BrN5O3S/c1-21-7-17-28(18-8-21)40(38,39)35-26-15-11-23(12-16-26)30(37)33-32-19-24-20-36(27-5-3-2-4-6-27)34-29(24)22-9-13-25(31)14-10-22/h2-20,35H,1H3,(H,33,37)/b32-19-. The van der Waals surface area contributed by atoms with Crippen molar-refractivity contribution in [3.63, 3.8) is 0 Å². The van der Waals surface area contributed by atoms with E-state index in [-0.39, 0.29) is 4.90 Å². The molecule has 2 N–H and O–H groups in total. The van der Waals surface area contributed by atoms with Crippen LogP contribution in [0.15, 0.2) is 124 Å². The van der Waals surface area contributed by atoms with Gasteiger partial charge in [0.05, 0.1) is 16.8 Å². The highest BCUT2D eigenvalue weighted by molar-refractivity contribution is 9.10. The maximum Gasteiger partial charge on any atom is 0.271 e. The molecule has 4 aromatic carbocycles. The monoisotopic (exact) mass is 613 g/mol. The lowest BCUT2D eigenvalue weighted by Gasteiger charge is -2.09. The molecule has 40 heavy (non-hydrogen) atoms. The Labute approximate surface area is 240 Å². The van der Waals surface area contributed by atoms with Crippen LogP contribution in [0.25, 0.3) is 16.9 Å². The van der Waals surface area contributed by atoms with E-state index in [1.807, 2.05) is 67.7 Å². The summed E-state index contributed by atoms with van der Waals surface area (Å²) in [6.45, 7) is 1.89. The van der Waals surface area contributed by atoms with Crippen LogP contribution in [-0.4, -0.2) is 30.3 Å². The molecule has 0 radical (unpaired) electrons. The van der Waals surface area contributed by atoms with Crippen LogP contribution >= 0.6 is 15.9 Å². The van der Waals surface area contributed by atoms with Crippen molar-refractivity contribution in [2.45, 2.75) is 11.8 Å². The van der Waals surface area contributed by atoms with E-state index in [4.69, 9.17) is 5.10 Å². The summed E-state index contributed by atoms with van der Waals surface area (Å²) in [6.07, 6.45) is 3.39. The van der Waals surface area contributed by atoms with Crippen molar-refractivity contribution in [2.24, 2.45) is 5.10 Å². The van der Waals surface area contributed by atoms with E-state index in [1.54, 1.807) is 35.2 Å². The van der Waals surface area contributed by atoms with Gasteiger partial charge in [-0.3, -0.25) is 9.52 Å². The summed E-state index contributed by atoms with van der Waals surface area (Å²) in [5, 5.41) is 8.90. The van der Waals surface area contributed by atoms with Gasteiger partial charge in [0.25, 0.3) is 15.9 Å². The lowest BCUT2D eigenvalue weighted by Crippen LogP contribution is -2.18. The Hall–Kier alpha value is -4.54. The second kappa shape index (κ2) is 11.7. The van der Waals surface area contributed by atoms with E-state index in [0.717, 1.165) is 21.3 Å². The van der Waals surface area contributed by atoms with Crippen molar-refractivity contribution in [1.29, 1.82) is 0 Å². The predicted octanol–water partition coefficient (Wildman–Crippen LogP) is 6.17. The molecule has 0 spiro atoms. The minimum absolute atomic E-state index is 0.160. The Morgan fingerprint density at radius 1 is 0.900 bits per heavy atom. The van der Waals surface area contributed by atoms with Crippen LogP contribution in [0.5, 0.6) is 0 Å². The van der Waals surface area contributed by atoms with Crippen LogP contribution in [0.4, 0.5) is 5.69 Å². The molecule has 0 fully saturated rings. The van der Waals surface area contributed by atoms with Gasteiger partial charge in [0.2, 0.25) is 0 Å². The number of halogens is 1. The number of rotatable bonds is 8. The van der Waals surface area contributed by atoms with Crippen LogP contribution < -0.4 is 10.1 Å². The molecule has 0 unspecified atom stereocenters. The van der Waals surface area contributed by atoms with Gasteiger partial charge in [-0.25, -0.2) is 18.5 Å². The van der Waals surface area contributed by atoms with Gasteiger partial charge in [0, 0.05) is 33.0 Å². The summed E-state index contributed by atoms with van der Waals surface area (Å²) >= 11 is 3.46. The molecule has 0 aliphatic heterocycles. The largest absolute Gasteiger partial charge is 0.280 e. The number of carbonyl (C=O) groups is 1. The molecule has 1 aromatic heterocycles. The fourth-order valence-corrected chi connectivity index (χ4v) is 5.20. The number of anilines is 1. The number of amides is 1. The fourth-order valence-electron chi connectivity index (χ4n) is 3.87. The van der Waals surface area contributed by atoms with Gasteiger partial charge in [0.1, 0.15) is 5.69 Å². The first-order valence-corrected chi connectivity index (χ1v) is 14.5. The number of carbonyl (C=O) groups excluding carboxylic acids is 1. The molecule has 8 nitrogen and oxygen atoms in total. The molecule has 5 rings (SSSR count). The highest BCUT2D eigenvalue weighted by atomic mass is 79.9. The maximum absolute atomic E-state index is 12.7. The van der Waals surface area contributed by atoms with Gasteiger partial charge >= 0.3 is 0 Å². The molecule has 10 heteroatoms. The number of sulfonamides is 1. The average Bonchev–Trinajstić information content (AvgIpc) is 3.38. The van der Waals surface area contributed by atoms with E-state index in [0.29, 0.717) is 22.5 Å². The normalized spacial score (nSPS) is 11.4. The van der Waals surface area contributed by atoms with Crippen molar-refractivity contribution < 1.29 is 13.2 Å². The maximum atomic E-state index is 12.7. The summed E-state index contributed by atoms with van der Waals surface area (Å²) in [4.78, 5) is 12.9. The molecule has 0 bridgehead atoms. The number of aryl methyl sites for hydroxylation is 1. The topological polar surface area (TPSA) is 105 Å². The number of hydrogen-bond acceptors (Lipinski definition) is 5. The Kier molecular flexibility index (Phi) is 7.90. The van der Waals surface area contributed by atoms with Crippen molar-refractivity contribution in [3.05, 3.63) is 130 Å². The Morgan fingerprint density at radius 3 is 2.25 bits per heavy atom. The lowest BCUT2D eigenvalue weighted by atomic mass is 10.1. The second-order valence-corrected chi connectivity index (χ2v) is 11.5. The van der Waals surface area contributed by atoms with Crippen LogP contribution in [-0.2, 0) is 10.0 Å². The zero-order chi connectivity index (χ0) is 28.1. The van der Waals surface area contributed by atoms with E-state index in [1.165, 1.54) is 24.3 Å². The molecule has 1 amide bonds. The summed E-state index contributed by atoms with van der Waals surface area (Å²) in [6, 6.07) is 30.1. The minimum Gasteiger partial charge on any atom is -0.280 e. The lowest BCUT2D eigenvalue weighted by molar-refractivity contribution is 0.0955. The van der Waals surface area contributed by atoms with Crippen molar-refractivity contribution in [2.75, 3.05) is 4.72 Å². The third-order valence-electron chi connectivity index (χ3n) is 5.98. The Morgan fingerprint density at radius 2 is 1.57 bits per heavy atom. The van der Waals surface area contributed by atoms with Gasteiger partial charge in [-0.1, -0.05) is 64.0 Å². The zero-order valence-electron chi connectivity index (χ0n) is 21.3. The SMILES string of the molecule is Cc1ccc(S(=O)(=O)Nc2ccc(C(=O)N/N=C\c3cn(-c4ccccc4)nc3-c3ccc(Br)cc3)cc2)cc1. The summed E-state index contributed by atoms with van der Waals surface area (Å²) in [5.41, 5.74) is 7.37. The second-order valence-electron chi connectivity index (χ2n) is 8.92. The quantitative estimate of drug-likeness (QED) is 0.161. The van der Waals surface area contributed by atoms with Gasteiger partial charge in [0.15, 0.2) is 0 Å². The van der Waals surface area contributed by atoms with Crippen LogP contribution in [0.2, 0.25) is 0 Å². The molecule has 0 aliphatic carbocycles. The smallest absolute Gasteiger partial charge is 0.271 e. The highest BCUT2D eigenvalue weighted by Crippen LogP contribution is 2.24. The molecular formula is C30H24BrN5O3S. The van der Waals surface area contributed by atoms with Crippen LogP contribution in [0, 0.1) is 6.92 Å². The van der Waals surface area contributed by atoms with Gasteiger partial charge in [-0.2, -0.15) is 10.2 Å². The zero-order valence-corrected chi connectivity index (χ0v) is 23.7. The highest BCUT2D eigenvalue weighted by Gasteiger charge is 2.15. The molecule has 5 aromatic rings. The molecule has 1 heterocycles. The molecular weight excluding hydrogens is 590 g/mol. The molecule has 0 saturated heterocycles. The first-order valence-electron chi connectivity index (χ1n) is 12.2. The van der Waals surface area contributed by atoms with Crippen molar-refractivity contribution >= 4 is 43.8 Å². The predicted molar refractivity (Wildman–Crippen MR) is 160 cm³/mol. The van der Waals surface area contributed by atoms with E-state index >= 15 is 0 Å². The first kappa shape index (κ1) is 27.0. The third-order valence-corrected chi connectivity index (χ3v) is 7.91. The van der Waals surface area contributed by atoms with Crippen LogP contribution in [0.1, 0.15) is 21.5 Å². The summed E-state index contributed by atoms with van der Waals surface area (Å²) < 4.78 is 30.5. The van der Waals surface area contributed by atoms with Gasteiger partial charge < -0.3 is 0 Å². The van der Waals surface area contributed by atoms with E-state index in [9.17, 15) is 13.2 Å². The molecule has 0 saturated carbocycles. The Bertz CT molecular complexity index is 1770. The molecule has 0 aliphatic rings. The number of nitrogens with one attached hydrogen (secondary N) is 2. The number of benzene rings is 4. The van der Waals surface area contributed by atoms with Crippen molar-refractivity contribution in [1.82, 2.24) is 15.2 Å². The number of aromatic nitrogens is 2. The van der Waals surface area contributed by atoms with E-state index < -0.39 is 15.9 Å². The summed E-state index contributed by atoms with van der Waals surface area (Å²) in [7, 11) is -3.74. The van der Waals surface area contributed by atoms with Gasteiger partial charge in [-0.15, -0.1) is 0 Å². The molecule has 200 valence electrons. The number of para-hydroxylation sites is 1. The minimum atomic E-state index is -3.74. The third kappa shape index (κ3) is 6.36. The van der Waals surface area contributed by atoms with E-state index in [2.05, 4.69) is 31.2 Å². The number of hydrogen-bond donors (Lipinski definition) is 2. The average molecular weight is 615 g/mol.